The number of azo groups is 1. The van der Waals surface area contributed by atoms with Crippen molar-refractivity contribution in [3.63, 3.8) is 0 Å². The average Bonchev–Trinajstić information content (AvgIpc) is 2.94. The number of rotatable bonds is 5. The molecular formula is C16H13ClN4O8S2. The molecule has 0 radical (unpaired) electrons. The van der Waals surface area contributed by atoms with E-state index >= 15 is 0 Å². The van der Waals surface area contributed by atoms with Crippen molar-refractivity contribution in [1.29, 1.82) is 0 Å². The van der Waals surface area contributed by atoms with Crippen LogP contribution in [0.15, 0.2) is 61.2 Å². The second kappa shape index (κ2) is 7.90. The van der Waals surface area contributed by atoms with Crippen LogP contribution in [-0.4, -0.2) is 40.8 Å². The maximum Gasteiger partial charge on any atom is 0.299 e. The lowest BCUT2D eigenvalue weighted by atomic mass is 10.3. The largest absolute Gasteiger partial charge is 0.504 e. The highest BCUT2D eigenvalue weighted by Crippen LogP contribution is 2.37. The fraction of sp³-hybridized carbons (Fsp3) is 0.0625. The maximum atomic E-state index is 12.7. The first kappa shape index (κ1) is 22.6. The Kier molecular flexibility index (Phi) is 5.77. The Balaban J connectivity index is 2.09. The first-order chi connectivity index (χ1) is 14.3. The number of aryl methyl sites for hydroxylation is 1. The normalized spacial score (nSPS) is 12.5. The molecule has 15 heteroatoms. The number of phenolic OH excluding ortho intramolecular Hbond substituents is 1. The van der Waals surface area contributed by atoms with E-state index < -0.39 is 47.0 Å². The Labute approximate surface area is 179 Å². The van der Waals surface area contributed by atoms with Crippen molar-refractivity contribution in [3.05, 3.63) is 57.5 Å². The number of aromatic nitrogens is 2. The van der Waals surface area contributed by atoms with Crippen molar-refractivity contribution >= 4 is 43.2 Å². The number of hydrogen-bond donors (Lipinski definition) is 4. The lowest BCUT2D eigenvalue weighted by molar-refractivity contribution is 0.444. The number of aromatic amines is 1. The summed E-state index contributed by atoms with van der Waals surface area (Å²) < 4.78 is 64.6. The molecular weight excluding hydrogens is 476 g/mol. The van der Waals surface area contributed by atoms with E-state index in [1.165, 1.54) is 19.1 Å². The van der Waals surface area contributed by atoms with Crippen LogP contribution >= 0.6 is 11.6 Å². The van der Waals surface area contributed by atoms with E-state index in [1.54, 1.807) is 0 Å². The van der Waals surface area contributed by atoms with Crippen LogP contribution in [0.4, 0.5) is 11.4 Å². The Morgan fingerprint density at radius 3 is 2.32 bits per heavy atom. The second-order valence-corrected chi connectivity index (χ2v) is 9.39. The Bertz CT molecular complexity index is 1490. The van der Waals surface area contributed by atoms with Crippen LogP contribution in [0.25, 0.3) is 5.69 Å². The molecule has 0 saturated carbocycles. The predicted octanol–water partition coefficient (Wildman–Crippen LogP) is 2.74. The summed E-state index contributed by atoms with van der Waals surface area (Å²) in [6.07, 6.45) is 0. The Morgan fingerprint density at radius 1 is 1.03 bits per heavy atom. The highest BCUT2D eigenvalue weighted by molar-refractivity contribution is 7.86. The summed E-state index contributed by atoms with van der Waals surface area (Å²) in [6, 6.07) is 6.76. The predicted molar refractivity (Wildman–Crippen MR) is 108 cm³/mol. The fourth-order valence-corrected chi connectivity index (χ4v) is 3.98. The summed E-state index contributed by atoms with van der Waals surface area (Å²) in [4.78, 5) is 11.4. The smallest absolute Gasteiger partial charge is 0.299 e. The standard InChI is InChI=1S/C16H13ClN4O8S2/c1-8-14(19-18-12-5-9(17)6-13(15(12)22)31(27,28)29)16(23)21(20-8)10-3-2-4-11(7-10)30(24,25)26/h2-7,20,22H,1H3,(H,24,25,26)(H,27,28,29). The van der Waals surface area contributed by atoms with E-state index in [0.717, 1.165) is 28.9 Å². The first-order valence-corrected chi connectivity index (χ1v) is 11.4. The van der Waals surface area contributed by atoms with Crippen LogP contribution < -0.4 is 5.56 Å². The van der Waals surface area contributed by atoms with Crippen LogP contribution in [0, 0.1) is 6.92 Å². The highest BCUT2D eigenvalue weighted by Gasteiger charge is 2.20. The number of nitrogens with one attached hydrogen (secondary N) is 1. The minimum absolute atomic E-state index is 0.0731. The molecule has 0 unspecified atom stereocenters. The minimum atomic E-state index is -4.80. The number of benzene rings is 2. The van der Waals surface area contributed by atoms with Gasteiger partial charge in [0.1, 0.15) is 10.6 Å². The average molecular weight is 489 g/mol. The van der Waals surface area contributed by atoms with E-state index in [-0.39, 0.29) is 22.1 Å². The maximum absolute atomic E-state index is 12.7. The number of halogens is 1. The van der Waals surface area contributed by atoms with E-state index in [2.05, 4.69) is 15.3 Å². The molecule has 0 fully saturated rings. The third-order valence-electron chi connectivity index (χ3n) is 3.97. The zero-order valence-electron chi connectivity index (χ0n) is 15.4. The molecule has 0 aliphatic rings. The van der Waals surface area contributed by atoms with Gasteiger partial charge in [0.2, 0.25) is 0 Å². The molecule has 0 bridgehead atoms. The summed E-state index contributed by atoms with van der Waals surface area (Å²) in [5.41, 5.74) is -1.16. The van der Waals surface area contributed by atoms with Crippen molar-refractivity contribution in [2.45, 2.75) is 16.7 Å². The Morgan fingerprint density at radius 2 is 1.71 bits per heavy atom. The lowest BCUT2D eigenvalue weighted by Crippen LogP contribution is -2.14. The molecule has 0 atom stereocenters. The van der Waals surface area contributed by atoms with Gasteiger partial charge in [0.05, 0.1) is 16.3 Å². The number of nitrogens with zero attached hydrogens (tertiary/aromatic N) is 3. The van der Waals surface area contributed by atoms with E-state index in [0.29, 0.717) is 0 Å². The quantitative estimate of drug-likeness (QED) is 0.311. The van der Waals surface area contributed by atoms with Crippen LogP contribution in [0.3, 0.4) is 0 Å². The van der Waals surface area contributed by atoms with Gasteiger partial charge in [0.15, 0.2) is 11.4 Å². The second-order valence-electron chi connectivity index (χ2n) is 6.15. The summed E-state index contributed by atoms with van der Waals surface area (Å²) >= 11 is 5.78. The third kappa shape index (κ3) is 4.67. The van der Waals surface area contributed by atoms with Gasteiger partial charge < -0.3 is 5.11 Å². The fourth-order valence-electron chi connectivity index (χ4n) is 2.56. The van der Waals surface area contributed by atoms with Crippen molar-refractivity contribution in [2.24, 2.45) is 10.2 Å². The summed E-state index contributed by atoms with van der Waals surface area (Å²) in [5, 5.41) is 19.9. The SMILES string of the molecule is Cc1[nH]n(-c2cccc(S(=O)(=O)O)c2)c(=O)c1N=Nc1cc(Cl)cc(S(=O)(=O)O)c1O. The minimum Gasteiger partial charge on any atom is -0.504 e. The monoisotopic (exact) mass is 488 g/mol. The van der Waals surface area contributed by atoms with Crippen molar-refractivity contribution in [1.82, 2.24) is 9.78 Å². The molecule has 0 spiro atoms. The van der Waals surface area contributed by atoms with Gasteiger partial charge in [-0.2, -0.15) is 16.8 Å². The highest BCUT2D eigenvalue weighted by atomic mass is 35.5. The molecule has 1 heterocycles. The third-order valence-corrected chi connectivity index (χ3v) is 5.90. The van der Waals surface area contributed by atoms with Crippen LogP contribution in [0.2, 0.25) is 5.02 Å². The van der Waals surface area contributed by atoms with Gasteiger partial charge in [-0.1, -0.05) is 17.7 Å². The van der Waals surface area contributed by atoms with Crippen LogP contribution in [0.1, 0.15) is 5.69 Å². The number of hydrogen-bond acceptors (Lipinski definition) is 8. The van der Waals surface area contributed by atoms with Crippen LogP contribution in [0.5, 0.6) is 5.75 Å². The summed E-state index contributed by atoms with van der Waals surface area (Å²) in [5.74, 6) is -0.926. The molecule has 3 rings (SSSR count). The van der Waals surface area contributed by atoms with Crippen molar-refractivity contribution < 1.29 is 31.0 Å². The molecule has 164 valence electrons. The van der Waals surface area contributed by atoms with Gasteiger partial charge in [-0.15, -0.1) is 10.2 Å². The molecule has 0 aliphatic carbocycles. The zero-order chi connectivity index (χ0) is 23.1. The van der Waals surface area contributed by atoms with Crippen molar-refractivity contribution in [3.8, 4) is 11.4 Å². The van der Waals surface area contributed by atoms with Gasteiger partial charge in [-0.05, 0) is 37.3 Å². The van der Waals surface area contributed by atoms with Gasteiger partial charge in [0, 0.05) is 5.02 Å². The van der Waals surface area contributed by atoms with Crippen molar-refractivity contribution in [2.75, 3.05) is 0 Å². The van der Waals surface area contributed by atoms with Crippen LogP contribution in [-0.2, 0) is 20.2 Å². The van der Waals surface area contributed by atoms with Gasteiger partial charge >= 0.3 is 0 Å². The number of H-pyrrole nitrogens is 1. The molecule has 3 aromatic rings. The molecule has 0 saturated heterocycles. The molecule has 2 aromatic carbocycles. The topological polar surface area (TPSA) is 191 Å². The number of aromatic hydroxyl groups is 1. The zero-order valence-corrected chi connectivity index (χ0v) is 17.8. The van der Waals surface area contributed by atoms with Gasteiger partial charge in [0.25, 0.3) is 25.8 Å². The summed E-state index contributed by atoms with van der Waals surface area (Å²) in [7, 11) is -9.31. The van der Waals surface area contributed by atoms with E-state index in [9.17, 15) is 31.3 Å². The van der Waals surface area contributed by atoms with Gasteiger partial charge in [-0.3, -0.25) is 19.0 Å². The molecule has 0 amide bonds. The Hall–Kier alpha value is -3.04. The molecule has 4 N–H and O–H groups in total. The van der Waals surface area contributed by atoms with E-state index in [1.807, 2.05) is 0 Å². The lowest BCUT2D eigenvalue weighted by Gasteiger charge is -2.04. The molecule has 1 aromatic heterocycles. The molecule has 31 heavy (non-hydrogen) atoms. The van der Waals surface area contributed by atoms with Gasteiger partial charge in [-0.25, -0.2) is 4.68 Å². The summed E-state index contributed by atoms with van der Waals surface area (Å²) in [6.45, 7) is 1.46. The number of phenols is 1. The first-order valence-electron chi connectivity index (χ1n) is 8.10. The molecule has 0 aliphatic heterocycles. The molecule has 12 nitrogen and oxygen atoms in total. The van der Waals surface area contributed by atoms with E-state index in [4.69, 9.17) is 16.2 Å².